The van der Waals surface area contributed by atoms with E-state index in [1.54, 1.807) is 0 Å². The van der Waals surface area contributed by atoms with Crippen LogP contribution in [0.5, 0.6) is 0 Å². The number of nitrogens with zero attached hydrogens (tertiary/aromatic N) is 2. The van der Waals surface area contributed by atoms with E-state index < -0.39 is 23.6 Å². The summed E-state index contributed by atoms with van der Waals surface area (Å²) in [5.74, 6) is -2.69. The van der Waals surface area contributed by atoms with Gasteiger partial charge in [0, 0.05) is 0 Å². The van der Waals surface area contributed by atoms with Gasteiger partial charge in [0.15, 0.2) is 11.4 Å². The molecule has 3 rings (SSSR count). The number of amides is 2. The number of aromatic nitrogens is 2. The van der Waals surface area contributed by atoms with Gasteiger partial charge in [0.05, 0.1) is 12.8 Å². The molecule has 0 fully saturated rings. The van der Waals surface area contributed by atoms with Crippen LogP contribution in [0, 0.1) is 5.82 Å². The first kappa shape index (κ1) is 13.0. The Kier molecular flexibility index (Phi) is 2.79. The molecule has 0 saturated carbocycles. The first-order valence-electron chi connectivity index (χ1n) is 5.85. The zero-order valence-corrected chi connectivity index (χ0v) is 10.7. The zero-order chi connectivity index (χ0) is 15.1. The molecule has 0 bridgehead atoms. The van der Waals surface area contributed by atoms with Gasteiger partial charge in [-0.15, -0.1) is 0 Å². The first-order valence-corrected chi connectivity index (χ1v) is 5.85. The van der Waals surface area contributed by atoms with Crippen molar-refractivity contribution in [2.24, 2.45) is 0 Å². The molecule has 0 aliphatic carbocycles. The minimum absolute atomic E-state index is 0.142. The second-order valence-corrected chi connectivity index (χ2v) is 4.24. The predicted octanol–water partition coefficient (Wildman–Crippen LogP) is 1.14. The standard InChI is InChI=1S/C13H8FN3O4/c1-21-13(20)10-8-9(15-16-10)12(19)17(11(8)18)7-4-2-6(14)3-5-7/h2-5H,1H3,(H,15,16). The van der Waals surface area contributed by atoms with Gasteiger partial charge < -0.3 is 4.74 Å². The Morgan fingerprint density at radius 2 is 1.90 bits per heavy atom. The Balaban J connectivity index is 2.07. The van der Waals surface area contributed by atoms with Crippen LogP contribution < -0.4 is 4.90 Å². The minimum Gasteiger partial charge on any atom is -0.464 e. The van der Waals surface area contributed by atoms with Crippen LogP contribution in [-0.2, 0) is 4.74 Å². The van der Waals surface area contributed by atoms with Crippen molar-refractivity contribution in [3.63, 3.8) is 0 Å². The normalized spacial score (nSPS) is 13.5. The SMILES string of the molecule is COC(=O)c1[nH]nc2c1C(=O)N(c1ccc(F)cc1)C2=O. The summed E-state index contributed by atoms with van der Waals surface area (Å²) in [5, 5.41) is 5.99. The lowest BCUT2D eigenvalue weighted by Crippen LogP contribution is -2.30. The fourth-order valence-corrected chi connectivity index (χ4v) is 2.09. The summed E-state index contributed by atoms with van der Waals surface area (Å²) in [7, 11) is 1.15. The topological polar surface area (TPSA) is 92.4 Å². The molecule has 2 heterocycles. The molecular weight excluding hydrogens is 281 g/mol. The summed E-state index contributed by atoms with van der Waals surface area (Å²) in [6.45, 7) is 0. The molecule has 0 unspecified atom stereocenters. The third-order valence-electron chi connectivity index (χ3n) is 3.06. The number of fused-ring (bicyclic) bond motifs is 1. The highest BCUT2D eigenvalue weighted by atomic mass is 19.1. The number of esters is 1. The molecule has 21 heavy (non-hydrogen) atoms. The number of aromatic amines is 1. The third kappa shape index (κ3) is 1.80. The van der Waals surface area contributed by atoms with Crippen LogP contribution in [0.25, 0.3) is 0 Å². The van der Waals surface area contributed by atoms with E-state index in [-0.39, 0.29) is 22.6 Å². The van der Waals surface area contributed by atoms with Gasteiger partial charge in [-0.25, -0.2) is 14.1 Å². The molecule has 7 nitrogen and oxygen atoms in total. The molecule has 8 heteroatoms. The summed E-state index contributed by atoms with van der Waals surface area (Å²) in [5.41, 5.74) is -0.295. The zero-order valence-electron chi connectivity index (χ0n) is 10.7. The molecule has 1 aromatic heterocycles. The second-order valence-electron chi connectivity index (χ2n) is 4.24. The molecule has 106 valence electrons. The highest BCUT2D eigenvalue weighted by Gasteiger charge is 2.43. The van der Waals surface area contributed by atoms with Gasteiger partial charge in [-0.1, -0.05) is 0 Å². The number of imide groups is 1. The molecule has 0 atom stereocenters. The second kappa shape index (κ2) is 4.51. The molecule has 0 spiro atoms. The van der Waals surface area contributed by atoms with E-state index in [1.165, 1.54) is 12.1 Å². The number of anilines is 1. The molecule has 1 aromatic carbocycles. The van der Waals surface area contributed by atoms with Crippen molar-refractivity contribution in [1.82, 2.24) is 10.2 Å². The predicted molar refractivity (Wildman–Crippen MR) is 67.5 cm³/mol. The Bertz CT molecular complexity index is 766. The molecule has 1 aliphatic rings. The van der Waals surface area contributed by atoms with Gasteiger partial charge in [-0.2, -0.15) is 5.10 Å². The molecule has 1 aliphatic heterocycles. The number of nitrogens with one attached hydrogen (secondary N) is 1. The van der Waals surface area contributed by atoms with Crippen molar-refractivity contribution in [2.75, 3.05) is 12.0 Å². The fraction of sp³-hybridized carbons (Fsp3) is 0.0769. The van der Waals surface area contributed by atoms with Gasteiger partial charge in [0.25, 0.3) is 11.8 Å². The maximum atomic E-state index is 12.9. The Morgan fingerprint density at radius 3 is 2.52 bits per heavy atom. The summed E-state index contributed by atoms with van der Waals surface area (Å²) in [6.07, 6.45) is 0. The molecular formula is C13H8FN3O4. The summed E-state index contributed by atoms with van der Waals surface area (Å²) in [6, 6.07) is 4.83. The van der Waals surface area contributed by atoms with Crippen molar-refractivity contribution in [3.05, 3.63) is 47.0 Å². The molecule has 0 radical (unpaired) electrons. The molecule has 2 aromatic rings. The number of rotatable bonds is 2. The average Bonchev–Trinajstić information content (AvgIpc) is 3.01. The van der Waals surface area contributed by atoms with Gasteiger partial charge in [-0.3, -0.25) is 14.7 Å². The molecule has 0 saturated heterocycles. The monoisotopic (exact) mass is 289 g/mol. The fourth-order valence-electron chi connectivity index (χ4n) is 2.09. The summed E-state index contributed by atoms with van der Waals surface area (Å²) >= 11 is 0. The number of carbonyl (C=O) groups is 3. The maximum absolute atomic E-state index is 12.9. The highest BCUT2D eigenvalue weighted by Crippen LogP contribution is 2.29. The summed E-state index contributed by atoms with van der Waals surface area (Å²) < 4.78 is 17.4. The largest absolute Gasteiger partial charge is 0.464 e. The number of halogens is 1. The lowest BCUT2D eigenvalue weighted by atomic mass is 10.2. The first-order chi connectivity index (χ1) is 10.0. The van der Waals surface area contributed by atoms with Crippen molar-refractivity contribution in [2.45, 2.75) is 0 Å². The van der Waals surface area contributed by atoms with E-state index in [1.807, 2.05) is 0 Å². The van der Waals surface area contributed by atoms with E-state index in [0.717, 1.165) is 24.1 Å². The summed E-state index contributed by atoms with van der Waals surface area (Å²) in [4.78, 5) is 36.9. The van der Waals surface area contributed by atoms with Crippen LogP contribution in [-0.4, -0.2) is 35.1 Å². The Labute approximate surface area is 117 Å². The van der Waals surface area contributed by atoms with E-state index in [2.05, 4.69) is 14.9 Å². The van der Waals surface area contributed by atoms with Gasteiger partial charge in [0.2, 0.25) is 0 Å². The highest BCUT2D eigenvalue weighted by molar-refractivity contribution is 6.35. The van der Waals surface area contributed by atoms with Crippen LogP contribution in [0.4, 0.5) is 10.1 Å². The van der Waals surface area contributed by atoms with Crippen molar-refractivity contribution in [3.8, 4) is 0 Å². The lowest BCUT2D eigenvalue weighted by Gasteiger charge is -2.13. The molecule has 1 N–H and O–H groups in total. The Hall–Kier alpha value is -3.03. The number of benzene rings is 1. The average molecular weight is 289 g/mol. The van der Waals surface area contributed by atoms with Crippen molar-refractivity contribution >= 4 is 23.5 Å². The third-order valence-corrected chi connectivity index (χ3v) is 3.06. The minimum atomic E-state index is -0.800. The Morgan fingerprint density at radius 1 is 1.24 bits per heavy atom. The number of hydrogen-bond donors (Lipinski definition) is 1. The quantitative estimate of drug-likeness (QED) is 0.661. The van der Waals surface area contributed by atoms with Crippen LogP contribution >= 0.6 is 0 Å². The van der Waals surface area contributed by atoms with Crippen LogP contribution in [0.2, 0.25) is 0 Å². The van der Waals surface area contributed by atoms with Crippen LogP contribution in [0.1, 0.15) is 31.3 Å². The van der Waals surface area contributed by atoms with E-state index in [0.29, 0.717) is 0 Å². The number of H-pyrrole nitrogens is 1. The number of ether oxygens (including phenoxy) is 1. The molecule has 2 amide bonds. The number of carbonyl (C=O) groups excluding carboxylic acids is 3. The van der Waals surface area contributed by atoms with Crippen molar-refractivity contribution < 1.29 is 23.5 Å². The smallest absolute Gasteiger partial charge is 0.356 e. The van der Waals surface area contributed by atoms with Crippen LogP contribution in [0.3, 0.4) is 0 Å². The van der Waals surface area contributed by atoms with Gasteiger partial charge in [-0.05, 0) is 24.3 Å². The lowest BCUT2D eigenvalue weighted by molar-refractivity contribution is 0.0590. The van der Waals surface area contributed by atoms with Crippen molar-refractivity contribution in [1.29, 1.82) is 0 Å². The van der Waals surface area contributed by atoms with Gasteiger partial charge >= 0.3 is 5.97 Å². The van der Waals surface area contributed by atoms with Gasteiger partial charge in [0.1, 0.15) is 11.4 Å². The number of methoxy groups -OCH3 is 1. The van der Waals surface area contributed by atoms with E-state index in [9.17, 15) is 18.8 Å². The van der Waals surface area contributed by atoms with E-state index >= 15 is 0 Å². The van der Waals surface area contributed by atoms with Crippen LogP contribution in [0.15, 0.2) is 24.3 Å². The maximum Gasteiger partial charge on any atom is 0.356 e. The number of hydrogen-bond acceptors (Lipinski definition) is 5. The van der Waals surface area contributed by atoms with E-state index in [4.69, 9.17) is 0 Å².